The highest BCUT2D eigenvalue weighted by atomic mass is 35.5. The van der Waals surface area contributed by atoms with E-state index in [9.17, 15) is 14.4 Å². The Hall–Kier alpha value is -3.98. The van der Waals surface area contributed by atoms with Crippen LogP contribution in [0.5, 0.6) is 0 Å². The summed E-state index contributed by atoms with van der Waals surface area (Å²) in [4.78, 5) is 47.4. The highest BCUT2D eigenvalue weighted by Crippen LogP contribution is 2.28. The fourth-order valence-electron chi connectivity index (χ4n) is 5.52. The van der Waals surface area contributed by atoms with Gasteiger partial charge in [-0.1, -0.05) is 23.7 Å². The molecule has 0 atom stereocenters. The molecule has 0 unspecified atom stereocenters. The molecule has 2 aliphatic rings. The summed E-state index contributed by atoms with van der Waals surface area (Å²) in [6, 6.07) is 13.2. The number of aryl methyl sites for hydroxylation is 1. The van der Waals surface area contributed by atoms with Crippen molar-refractivity contribution < 1.29 is 9.59 Å². The van der Waals surface area contributed by atoms with E-state index in [4.69, 9.17) is 11.6 Å². The van der Waals surface area contributed by atoms with Gasteiger partial charge in [0, 0.05) is 24.8 Å². The Bertz CT molecular complexity index is 1630. The molecule has 0 bridgehead atoms. The van der Waals surface area contributed by atoms with E-state index < -0.39 is 0 Å². The minimum atomic E-state index is -0.185. The number of hydrogen-bond donors (Lipinski definition) is 2. The number of carbonyl (C=O) groups excluding carboxylic acids is 2. The third-order valence-electron chi connectivity index (χ3n) is 7.91. The van der Waals surface area contributed by atoms with Gasteiger partial charge in [0.1, 0.15) is 5.69 Å². The van der Waals surface area contributed by atoms with Gasteiger partial charge in [-0.15, -0.1) is 0 Å². The fourth-order valence-corrected chi connectivity index (χ4v) is 5.68. The van der Waals surface area contributed by atoms with Gasteiger partial charge >= 0.3 is 5.69 Å². The maximum atomic E-state index is 13.7. The number of aromatic nitrogens is 4. The van der Waals surface area contributed by atoms with Crippen LogP contribution < -0.4 is 16.3 Å². The molecule has 6 rings (SSSR count). The summed E-state index contributed by atoms with van der Waals surface area (Å²) in [5.74, 6) is -0.0267. The molecule has 206 valence electrons. The first-order valence-electron chi connectivity index (χ1n) is 13.8. The lowest BCUT2D eigenvalue weighted by atomic mass is 9.85. The number of para-hydroxylation sites is 2. The Balaban J connectivity index is 1.16. The van der Waals surface area contributed by atoms with Crippen molar-refractivity contribution in [2.24, 2.45) is 5.92 Å². The molecule has 9 nitrogen and oxygen atoms in total. The Morgan fingerprint density at radius 1 is 0.900 bits per heavy atom. The lowest BCUT2D eigenvalue weighted by molar-refractivity contribution is 0.0917. The smallest absolute Gasteiger partial charge is 0.333 e. The predicted octanol–water partition coefficient (Wildman–Crippen LogP) is 4.43. The summed E-state index contributed by atoms with van der Waals surface area (Å²) in [7, 11) is 0. The van der Waals surface area contributed by atoms with Crippen LogP contribution in [0.15, 0.2) is 59.7 Å². The van der Waals surface area contributed by atoms with Gasteiger partial charge in [-0.3, -0.25) is 23.7 Å². The SMILES string of the molecule is Cc1ncc(Cl)cc1C(=O)NC1CCC(Cn2c(=O)n(-c3ccc(C(=O)NC4CC4)nc3)c3ccccc32)CC1. The van der Waals surface area contributed by atoms with E-state index in [-0.39, 0.29) is 29.6 Å². The molecule has 0 saturated heterocycles. The quantitative estimate of drug-likeness (QED) is 0.349. The van der Waals surface area contributed by atoms with E-state index in [2.05, 4.69) is 20.6 Å². The number of pyridine rings is 2. The predicted molar refractivity (Wildman–Crippen MR) is 153 cm³/mol. The van der Waals surface area contributed by atoms with E-state index >= 15 is 0 Å². The maximum absolute atomic E-state index is 13.7. The van der Waals surface area contributed by atoms with Gasteiger partial charge in [-0.05, 0) is 81.7 Å². The number of imidazole rings is 1. The summed E-state index contributed by atoms with van der Waals surface area (Å²) in [6.07, 6.45) is 8.62. The zero-order chi connectivity index (χ0) is 27.8. The fraction of sp³-hybridized carbons (Fsp3) is 0.367. The molecule has 2 N–H and O–H groups in total. The van der Waals surface area contributed by atoms with Crippen LogP contribution in [0.4, 0.5) is 0 Å². The molecule has 40 heavy (non-hydrogen) atoms. The molecule has 3 heterocycles. The first-order chi connectivity index (χ1) is 19.4. The standard InChI is InChI=1S/C30H31ClN6O3/c1-18-24(14-20(31)15-32-18)28(38)34-21-8-6-19(7-9-21)17-36-26-4-2-3-5-27(26)37(30(36)40)23-12-13-25(33-16-23)29(39)35-22-10-11-22/h2-5,12-16,19,21-22H,6-11,17H2,1H3,(H,34,38)(H,35,39). The highest BCUT2D eigenvalue weighted by Gasteiger charge is 2.26. The highest BCUT2D eigenvalue weighted by molar-refractivity contribution is 6.30. The number of amides is 2. The number of benzene rings is 1. The first kappa shape index (κ1) is 26.3. The molecular formula is C30H31ClN6O3. The van der Waals surface area contributed by atoms with Crippen LogP contribution in [0.1, 0.15) is 65.1 Å². The van der Waals surface area contributed by atoms with Crippen molar-refractivity contribution in [2.75, 3.05) is 0 Å². The van der Waals surface area contributed by atoms with Crippen molar-refractivity contribution in [2.45, 2.75) is 64.1 Å². The van der Waals surface area contributed by atoms with Crippen molar-refractivity contribution in [1.82, 2.24) is 29.7 Å². The molecule has 10 heteroatoms. The van der Waals surface area contributed by atoms with Gasteiger partial charge in [0.05, 0.1) is 39.2 Å². The monoisotopic (exact) mass is 558 g/mol. The number of carbonyl (C=O) groups is 2. The Morgan fingerprint density at radius 3 is 2.25 bits per heavy atom. The lowest BCUT2D eigenvalue weighted by Crippen LogP contribution is -2.39. The van der Waals surface area contributed by atoms with E-state index in [1.807, 2.05) is 28.8 Å². The first-order valence-corrected chi connectivity index (χ1v) is 14.2. The van der Waals surface area contributed by atoms with Crippen LogP contribution in [0.2, 0.25) is 5.02 Å². The third kappa shape index (κ3) is 5.38. The third-order valence-corrected chi connectivity index (χ3v) is 8.11. The molecule has 2 fully saturated rings. The minimum absolute atomic E-state index is 0.0712. The van der Waals surface area contributed by atoms with Gasteiger partial charge in [0.15, 0.2) is 0 Å². The van der Waals surface area contributed by atoms with Crippen LogP contribution in [0.3, 0.4) is 0 Å². The van der Waals surface area contributed by atoms with E-state index in [0.29, 0.717) is 40.1 Å². The van der Waals surface area contributed by atoms with Crippen molar-refractivity contribution in [3.8, 4) is 5.69 Å². The number of nitrogens with one attached hydrogen (secondary N) is 2. The largest absolute Gasteiger partial charge is 0.349 e. The molecule has 3 aromatic heterocycles. The summed E-state index contributed by atoms with van der Waals surface area (Å²) in [5.41, 5.74) is 3.66. The number of rotatable bonds is 7. The Morgan fingerprint density at radius 2 is 1.57 bits per heavy atom. The summed E-state index contributed by atoms with van der Waals surface area (Å²) >= 11 is 6.04. The summed E-state index contributed by atoms with van der Waals surface area (Å²) in [6.45, 7) is 2.40. The van der Waals surface area contributed by atoms with E-state index in [1.54, 1.807) is 35.9 Å². The number of fused-ring (bicyclic) bond motifs is 1. The Labute approximate surface area is 236 Å². The summed E-state index contributed by atoms with van der Waals surface area (Å²) in [5, 5.41) is 6.52. The minimum Gasteiger partial charge on any atom is -0.349 e. The molecule has 0 spiro atoms. The van der Waals surface area contributed by atoms with Gasteiger partial charge in [0.2, 0.25) is 0 Å². The molecule has 2 aliphatic carbocycles. The molecule has 4 aromatic rings. The average Bonchev–Trinajstić information content (AvgIpc) is 3.74. The normalized spacial score (nSPS) is 18.9. The molecule has 0 radical (unpaired) electrons. The second-order valence-corrected chi connectivity index (χ2v) is 11.3. The molecule has 0 aliphatic heterocycles. The molecule has 2 amide bonds. The number of halogens is 1. The average molecular weight is 559 g/mol. The second-order valence-electron chi connectivity index (χ2n) is 10.8. The zero-order valence-electron chi connectivity index (χ0n) is 22.3. The van der Waals surface area contributed by atoms with Gasteiger partial charge in [0.25, 0.3) is 11.8 Å². The zero-order valence-corrected chi connectivity index (χ0v) is 23.0. The van der Waals surface area contributed by atoms with E-state index in [0.717, 1.165) is 49.6 Å². The van der Waals surface area contributed by atoms with Gasteiger partial charge in [-0.25, -0.2) is 9.78 Å². The maximum Gasteiger partial charge on any atom is 0.333 e. The van der Waals surface area contributed by atoms with Crippen molar-refractivity contribution >= 4 is 34.4 Å². The van der Waals surface area contributed by atoms with Crippen molar-refractivity contribution in [1.29, 1.82) is 0 Å². The number of nitrogens with zero attached hydrogens (tertiary/aromatic N) is 4. The van der Waals surface area contributed by atoms with Crippen LogP contribution in [0, 0.1) is 12.8 Å². The van der Waals surface area contributed by atoms with Crippen LogP contribution in [-0.4, -0.2) is 43.0 Å². The number of hydrogen-bond acceptors (Lipinski definition) is 5. The van der Waals surface area contributed by atoms with E-state index in [1.165, 1.54) is 6.20 Å². The van der Waals surface area contributed by atoms with Crippen LogP contribution >= 0.6 is 11.6 Å². The van der Waals surface area contributed by atoms with Gasteiger partial charge in [-0.2, -0.15) is 0 Å². The van der Waals surface area contributed by atoms with Crippen LogP contribution in [-0.2, 0) is 6.54 Å². The van der Waals surface area contributed by atoms with Crippen molar-refractivity contribution in [3.63, 3.8) is 0 Å². The van der Waals surface area contributed by atoms with Crippen molar-refractivity contribution in [3.05, 3.63) is 87.3 Å². The lowest BCUT2D eigenvalue weighted by Gasteiger charge is -2.29. The van der Waals surface area contributed by atoms with Gasteiger partial charge < -0.3 is 10.6 Å². The Kier molecular flexibility index (Phi) is 7.14. The second kappa shape index (κ2) is 10.9. The topological polar surface area (TPSA) is 111 Å². The molecule has 1 aromatic carbocycles. The van der Waals surface area contributed by atoms with Crippen LogP contribution in [0.25, 0.3) is 16.7 Å². The molecular weight excluding hydrogens is 528 g/mol. The molecule has 2 saturated carbocycles. The summed E-state index contributed by atoms with van der Waals surface area (Å²) < 4.78 is 3.51.